The Morgan fingerprint density at radius 3 is 2.93 bits per heavy atom. The van der Waals surface area contributed by atoms with Gasteiger partial charge in [0.15, 0.2) is 0 Å². The molecule has 2 heterocycles. The van der Waals surface area contributed by atoms with Crippen molar-refractivity contribution in [1.82, 2.24) is 10.2 Å². The van der Waals surface area contributed by atoms with Crippen molar-refractivity contribution in [3.63, 3.8) is 0 Å². The molecule has 2 aromatic heterocycles. The highest BCUT2D eigenvalue weighted by Gasteiger charge is 2.09. The largest absolute Gasteiger partial charge is 0.464 e. The predicted molar refractivity (Wildman–Crippen MR) is 58.2 cm³/mol. The smallest absolute Gasteiger partial charge is 0.134 e. The molecular weight excluding hydrogens is 190 g/mol. The Bertz CT molecular complexity index is 609. The monoisotopic (exact) mass is 199 g/mol. The summed E-state index contributed by atoms with van der Waals surface area (Å²) in [5, 5.41) is 7.68. The van der Waals surface area contributed by atoms with Crippen LogP contribution in [0.1, 0.15) is 0 Å². The Hall–Kier alpha value is -2.23. The molecule has 0 saturated carbocycles. The van der Waals surface area contributed by atoms with Gasteiger partial charge in [-0.2, -0.15) is 5.10 Å². The molecule has 3 N–H and O–H groups in total. The van der Waals surface area contributed by atoms with Gasteiger partial charge in [-0.1, -0.05) is 12.1 Å². The van der Waals surface area contributed by atoms with Crippen molar-refractivity contribution in [2.75, 3.05) is 5.73 Å². The number of furan rings is 1. The van der Waals surface area contributed by atoms with E-state index in [-0.39, 0.29) is 0 Å². The first-order valence-corrected chi connectivity index (χ1v) is 4.62. The fourth-order valence-electron chi connectivity index (χ4n) is 1.74. The van der Waals surface area contributed by atoms with Gasteiger partial charge in [0, 0.05) is 10.9 Å². The fraction of sp³-hybridized carbons (Fsp3) is 0. The molecule has 0 atom stereocenters. The maximum Gasteiger partial charge on any atom is 0.134 e. The number of nitrogens with zero attached hydrogens (tertiary/aromatic N) is 1. The zero-order chi connectivity index (χ0) is 10.3. The van der Waals surface area contributed by atoms with Gasteiger partial charge >= 0.3 is 0 Å². The fourth-order valence-corrected chi connectivity index (χ4v) is 1.74. The SMILES string of the molecule is Nc1[nH]ncc1-c1cccc2occc12. The van der Waals surface area contributed by atoms with E-state index in [0.717, 1.165) is 22.1 Å². The lowest BCUT2D eigenvalue weighted by Gasteiger charge is -2.00. The molecule has 3 aromatic rings. The number of hydrogen-bond donors (Lipinski definition) is 2. The summed E-state index contributed by atoms with van der Waals surface area (Å²) in [6.45, 7) is 0. The molecule has 1 aromatic carbocycles. The topological polar surface area (TPSA) is 67.8 Å². The van der Waals surface area contributed by atoms with Gasteiger partial charge < -0.3 is 10.2 Å². The standard InChI is InChI=1S/C11H9N3O/c12-11-9(6-13-14-11)7-2-1-3-10-8(7)4-5-15-10/h1-6H,(H3,12,13,14). The van der Waals surface area contributed by atoms with Gasteiger partial charge in [-0.05, 0) is 17.7 Å². The highest BCUT2D eigenvalue weighted by molar-refractivity contribution is 5.96. The van der Waals surface area contributed by atoms with Crippen LogP contribution < -0.4 is 5.73 Å². The first-order valence-electron chi connectivity index (χ1n) is 4.62. The molecule has 4 nitrogen and oxygen atoms in total. The number of hydrogen-bond acceptors (Lipinski definition) is 3. The van der Waals surface area contributed by atoms with Crippen LogP contribution in [0.2, 0.25) is 0 Å². The maximum absolute atomic E-state index is 5.78. The second-order valence-electron chi connectivity index (χ2n) is 3.34. The van der Waals surface area contributed by atoms with E-state index in [1.807, 2.05) is 24.3 Å². The van der Waals surface area contributed by atoms with Crippen LogP contribution in [0, 0.1) is 0 Å². The van der Waals surface area contributed by atoms with Gasteiger partial charge in [-0.15, -0.1) is 0 Å². The molecule has 15 heavy (non-hydrogen) atoms. The van der Waals surface area contributed by atoms with Crippen LogP contribution in [0.3, 0.4) is 0 Å². The number of fused-ring (bicyclic) bond motifs is 1. The summed E-state index contributed by atoms with van der Waals surface area (Å²) in [6.07, 6.45) is 3.39. The Morgan fingerprint density at radius 1 is 1.20 bits per heavy atom. The Morgan fingerprint density at radius 2 is 2.13 bits per heavy atom. The summed E-state index contributed by atoms with van der Waals surface area (Å²) in [7, 11) is 0. The first kappa shape index (κ1) is 8.11. The van der Waals surface area contributed by atoms with E-state index in [9.17, 15) is 0 Å². The number of benzene rings is 1. The minimum Gasteiger partial charge on any atom is -0.464 e. The van der Waals surface area contributed by atoms with Crippen LogP contribution >= 0.6 is 0 Å². The molecular formula is C11H9N3O. The van der Waals surface area contributed by atoms with Gasteiger partial charge in [-0.25, -0.2) is 0 Å². The van der Waals surface area contributed by atoms with E-state index in [1.54, 1.807) is 12.5 Å². The third kappa shape index (κ3) is 1.11. The van der Waals surface area contributed by atoms with Crippen LogP contribution in [-0.4, -0.2) is 10.2 Å². The molecule has 0 aliphatic rings. The molecule has 0 fully saturated rings. The quantitative estimate of drug-likeness (QED) is 0.632. The second kappa shape index (κ2) is 2.88. The first-order chi connectivity index (χ1) is 7.36. The van der Waals surface area contributed by atoms with Crippen molar-refractivity contribution < 1.29 is 4.42 Å². The number of nitrogens with one attached hydrogen (secondary N) is 1. The van der Waals surface area contributed by atoms with Crippen LogP contribution in [0.25, 0.3) is 22.1 Å². The predicted octanol–water partition coefficient (Wildman–Crippen LogP) is 2.41. The van der Waals surface area contributed by atoms with Gasteiger partial charge in [0.05, 0.1) is 12.5 Å². The lowest BCUT2D eigenvalue weighted by Crippen LogP contribution is -1.87. The third-order valence-electron chi connectivity index (χ3n) is 2.45. The van der Waals surface area contributed by atoms with E-state index >= 15 is 0 Å². The lowest BCUT2D eigenvalue weighted by atomic mass is 10.0. The molecule has 0 aliphatic carbocycles. The minimum atomic E-state index is 0.573. The van der Waals surface area contributed by atoms with Crippen molar-refractivity contribution >= 4 is 16.8 Å². The zero-order valence-corrected chi connectivity index (χ0v) is 7.90. The summed E-state index contributed by atoms with van der Waals surface area (Å²) < 4.78 is 5.33. The molecule has 0 aliphatic heterocycles. The Kier molecular flexibility index (Phi) is 1.56. The number of aromatic amines is 1. The van der Waals surface area contributed by atoms with Gasteiger partial charge in [0.1, 0.15) is 11.4 Å². The molecule has 0 radical (unpaired) electrons. The second-order valence-corrected chi connectivity index (χ2v) is 3.34. The van der Waals surface area contributed by atoms with Crippen molar-refractivity contribution in [1.29, 1.82) is 0 Å². The van der Waals surface area contributed by atoms with E-state index < -0.39 is 0 Å². The summed E-state index contributed by atoms with van der Waals surface area (Å²) in [6, 6.07) is 7.79. The van der Waals surface area contributed by atoms with Gasteiger partial charge in [-0.3, -0.25) is 5.10 Å². The van der Waals surface area contributed by atoms with Crippen molar-refractivity contribution in [2.45, 2.75) is 0 Å². The third-order valence-corrected chi connectivity index (χ3v) is 2.45. The van der Waals surface area contributed by atoms with E-state index in [1.165, 1.54) is 0 Å². The van der Waals surface area contributed by atoms with E-state index in [0.29, 0.717) is 5.82 Å². The molecule has 74 valence electrons. The van der Waals surface area contributed by atoms with Crippen LogP contribution in [0.4, 0.5) is 5.82 Å². The average Bonchev–Trinajstić information content (AvgIpc) is 2.85. The number of anilines is 1. The molecule has 0 unspecified atom stereocenters. The van der Waals surface area contributed by atoms with Gasteiger partial charge in [0.2, 0.25) is 0 Å². The summed E-state index contributed by atoms with van der Waals surface area (Å²) in [5.74, 6) is 0.573. The van der Waals surface area contributed by atoms with Crippen molar-refractivity contribution in [3.8, 4) is 11.1 Å². The van der Waals surface area contributed by atoms with Gasteiger partial charge in [0.25, 0.3) is 0 Å². The number of rotatable bonds is 1. The molecule has 0 amide bonds. The summed E-state index contributed by atoms with van der Waals surface area (Å²) in [5.41, 5.74) is 8.58. The summed E-state index contributed by atoms with van der Waals surface area (Å²) >= 11 is 0. The van der Waals surface area contributed by atoms with Crippen LogP contribution in [-0.2, 0) is 0 Å². The molecule has 0 spiro atoms. The van der Waals surface area contributed by atoms with Crippen LogP contribution in [0.15, 0.2) is 41.1 Å². The molecule has 3 rings (SSSR count). The highest BCUT2D eigenvalue weighted by Crippen LogP contribution is 2.31. The van der Waals surface area contributed by atoms with E-state index in [4.69, 9.17) is 10.2 Å². The maximum atomic E-state index is 5.78. The summed E-state index contributed by atoms with van der Waals surface area (Å²) in [4.78, 5) is 0. The molecule has 0 saturated heterocycles. The average molecular weight is 199 g/mol. The van der Waals surface area contributed by atoms with Crippen LogP contribution in [0.5, 0.6) is 0 Å². The zero-order valence-electron chi connectivity index (χ0n) is 7.90. The highest BCUT2D eigenvalue weighted by atomic mass is 16.3. The van der Waals surface area contributed by atoms with Crippen molar-refractivity contribution in [2.24, 2.45) is 0 Å². The normalized spacial score (nSPS) is 10.9. The number of nitrogens with two attached hydrogens (primary N) is 1. The lowest BCUT2D eigenvalue weighted by molar-refractivity contribution is 0.616. The van der Waals surface area contributed by atoms with E-state index in [2.05, 4.69) is 10.2 Å². The van der Waals surface area contributed by atoms with Crippen molar-refractivity contribution in [3.05, 3.63) is 36.7 Å². The number of H-pyrrole nitrogens is 1. The Labute approximate surface area is 85.7 Å². The Balaban J connectivity index is 2.36. The number of aromatic nitrogens is 2. The molecule has 0 bridgehead atoms. The molecule has 4 heteroatoms. The minimum absolute atomic E-state index is 0.573. The number of nitrogen functional groups attached to an aromatic ring is 1.